The molecule has 0 fully saturated rings. The second kappa shape index (κ2) is 7.74. The van der Waals surface area contributed by atoms with Crippen LogP contribution in [-0.2, 0) is 4.79 Å². The summed E-state index contributed by atoms with van der Waals surface area (Å²) in [5, 5.41) is 5.96. The Kier molecular flexibility index (Phi) is 5.71. The lowest BCUT2D eigenvalue weighted by atomic mass is 10.1. The van der Waals surface area contributed by atoms with Crippen LogP contribution in [0.25, 0.3) is 0 Å². The number of benzene rings is 1. The molecule has 0 unspecified atom stereocenters. The van der Waals surface area contributed by atoms with Gasteiger partial charge in [-0.25, -0.2) is 4.98 Å². The standard InChI is InChI=1S/C17H18ClN3O2/c1-3-4-16(22)20-14-7-5-11(2)9-13(14)17(23)21-15-8-6-12(18)10-19-15/h5-10H,3-4H2,1-2H3,(H,20,22)(H,19,21,23). The van der Waals surface area contributed by atoms with Crippen LogP contribution in [0.15, 0.2) is 36.5 Å². The maximum absolute atomic E-state index is 12.5. The molecule has 2 aromatic rings. The Labute approximate surface area is 140 Å². The van der Waals surface area contributed by atoms with E-state index < -0.39 is 0 Å². The second-order valence-electron chi connectivity index (χ2n) is 5.16. The fraction of sp³-hybridized carbons (Fsp3) is 0.235. The highest BCUT2D eigenvalue weighted by molar-refractivity contribution is 6.30. The molecule has 120 valence electrons. The molecule has 23 heavy (non-hydrogen) atoms. The smallest absolute Gasteiger partial charge is 0.258 e. The lowest BCUT2D eigenvalue weighted by Crippen LogP contribution is -2.18. The maximum atomic E-state index is 12.5. The number of nitrogens with zero attached hydrogens (tertiary/aromatic N) is 1. The van der Waals surface area contributed by atoms with E-state index in [1.165, 1.54) is 6.20 Å². The maximum Gasteiger partial charge on any atom is 0.258 e. The number of carbonyl (C=O) groups is 2. The van der Waals surface area contributed by atoms with Crippen LogP contribution in [0.3, 0.4) is 0 Å². The van der Waals surface area contributed by atoms with Gasteiger partial charge in [-0.05, 0) is 37.6 Å². The Bertz CT molecular complexity index is 714. The minimum Gasteiger partial charge on any atom is -0.325 e. The van der Waals surface area contributed by atoms with Crippen LogP contribution in [0.4, 0.5) is 11.5 Å². The van der Waals surface area contributed by atoms with E-state index in [-0.39, 0.29) is 11.8 Å². The van der Waals surface area contributed by atoms with E-state index in [2.05, 4.69) is 15.6 Å². The third kappa shape index (κ3) is 4.79. The molecule has 0 aliphatic heterocycles. The van der Waals surface area contributed by atoms with Gasteiger partial charge in [0.15, 0.2) is 0 Å². The van der Waals surface area contributed by atoms with E-state index in [0.717, 1.165) is 12.0 Å². The van der Waals surface area contributed by atoms with E-state index >= 15 is 0 Å². The number of pyridine rings is 1. The molecular weight excluding hydrogens is 314 g/mol. The first kappa shape index (κ1) is 17.0. The number of amides is 2. The minimum atomic E-state index is -0.338. The van der Waals surface area contributed by atoms with Gasteiger partial charge in [-0.1, -0.05) is 30.2 Å². The van der Waals surface area contributed by atoms with Crippen LogP contribution in [0.1, 0.15) is 35.7 Å². The largest absolute Gasteiger partial charge is 0.325 e. The molecule has 6 heteroatoms. The average Bonchev–Trinajstić information content (AvgIpc) is 2.51. The number of nitrogens with one attached hydrogen (secondary N) is 2. The topological polar surface area (TPSA) is 71.1 Å². The van der Waals surface area contributed by atoms with Crippen molar-refractivity contribution in [2.24, 2.45) is 0 Å². The third-order valence-corrected chi connectivity index (χ3v) is 3.36. The molecule has 0 spiro atoms. The van der Waals surface area contributed by atoms with E-state index in [1.54, 1.807) is 24.3 Å². The number of hydrogen-bond donors (Lipinski definition) is 2. The summed E-state index contributed by atoms with van der Waals surface area (Å²) in [6.07, 6.45) is 2.61. The summed E-state index contributed by atoms with van der Waals surface area (Å²) in [4.78, 5) is 28.3. The Hall–Kier alpha value is -2.40. The Morgan fingerprint density at radius 3 is 2.61 bits per heavy atom. The summed E-state index contributed by atoms with van der Waals surface area (Å²) < 4.78 is 0. The number of halogens is 1. The Morgan fingerprint density at radius 1 is 1.17 bits per heavy atom. The first-order valence-electron chi connectivity index (χ1n) is 7.33. The van der Waals surface area contributed by atoms with Crippen molar-refractivity contribution in [3.8, 4) is 0 Å². The van der Waals surface area contributed by atoms with E-state index in [9.17, 15) is 9.59 Å². The average molecular weight is 332 g/mol. The number of aryl methyl sites for hydroxylation is 1. The van der Waals surface area contributed by atoms with Crippen molar-refractivity contribution in [3.05, 3.63) is 52.7 Å². The molecule has 1 aromatic carbocycles. The summed E-state index contributed by atoms with van der Waals surface area (Å²) in [5.74, 6) is -0.0583. The molecule has 0 bridgehead atoms. The van der Waals surface area contributed by atoms with Gasteiger partial charge in [0, 0.05) is 12.6 Å². The predicted molar refractivity (Wildman–Crippen MR) is 91.9 cm³/mol. The number of hydrogen-bond acceptors (Lipinski definition) is 3. The van der Waals surface area contributed by atoms with Gasteiger partial charge in [-0.2, -0.15) is 0 Å². The molecule has 1 aromatic heterocycles. The molecule has 2 amide bonds. The molecule has 2 N–H and O–H groups in total. The van der Waals surface area contributed by atoms with Crippen LogP contribution in [0.5, 0.6) is 0 Å². The summed E-state index contributed by atoms with van der Waals surface area (Å²) in [6.45, 7) is 3.81. The SMILES string of the molecule is CCCC(=O)Nc1ccc(C)cc1C(=O)Nc1ccc(Cl)cn1. The van der Waals surface area contributed by atoms with Gasteiger partial charge >= 0.3 is 0 Å². The van der Waals surface area contributed by atoms with E-state index in [1.807, 2.05) is 19.9 Å². The normalized spacial score (nSPS) is 10.2. The van der Waals surface area contributed by atoms with Gasteiger partial charge in [0.25, 0.3) is 5.91 Å². The quantitative estimate of drug-likeness (QED) is 0.868. The van der Waals surface area contributed by atoms with Crippen molar-refractivity contribution in [1.29, 1.82) is 0 Å². The fourth-order valence-corrected chi connectivity index (χ4v) is 2.14. The van der Waals surface area contributed by atoms with Crippen molar-refractivity contribution < 1.29 is 9.59 Å². The Balaban J connectivity index is 2.22. The summed E-state index contributed by atoms with van der Waals surface area (Å²) in [6, 6.07) is 8.56. The van der Waals surface area contributed by atoms with Gasteiger partial charge in [-0.15, -0.1) is 0 Å². The molecule has 0 radical (unpaired) electrons. The highest BCUT2D eigenvalue weighted by Gasteiger charge is 2.14. The molecular formula is C17H18ClN3O2. The molecule has 0 saturated heterocycles. The van der Waals surface area contributed by atoms with Crippen molar-refractivity contribution in [2.45, 2.75) is 26.7 Å². The van der Waals surface area contributed by atoms with Crippen LogP contribution in [-0.4, -0.2) is 16.8 Å². The van der Waals surface area contributed by atoms with E-state index in [0.29, 0.717) is 28.5 Å². The van der Waals surface area contributed by atoms with Crippen molar-refractivity contribution in [3.63, 3.8) is 0 Å². The zero-order chi connectivity index (χ0) is 16.8. The molecule has 5 nitrogen and oxygen atoms in total. The first-order chi connectivity index (χ1) is 11.0. The summed E-state index contributed by atoms with van der Waals surface area (Å²) >= 11 is 5.78. The monoisotopic (exact) mass is 331 g/mol. The van der Waals surface area contributed by atoms with Gasteiger partial charge < -0.3 is 10.6 Å². The highest BCUT2D eigenvalue weighted by Crippen LogP contribution is 2.20. The van der Waals surface area contributed by atoms with Crippen molar-refractivity contribution in [1.82, 2.24) is 4.98 Å². The lowest BCUT2D eigenvalue weighted by molar-refractivity contribution is -0.116. The number of carbonyl (C=O) groups excluding carboxylic acids is 2. The third-order valence-electron chi connectivity index (χ3n) is 3.14. The zero-order valence-corrected chi connectivity index (χ0v) is 13.8. The van der Waals surface area contributed by atoms with Crippen molar-refractivity contribution in [2.75, 3.05) is 10.6 Å². The fourth-order valence-electron chi connectivity index (χ4n) is 2.03. The molecule has 0 saturated carbocycles. The summed E-state index contributed by atoms with van der Waals surface area (Å²) in [7, 11) is 0. The number of rotatable bonds is 5. The van der Waals surface area contributed by atoms with Crippen LogP contribution >= 0.6 is 11.6 Å². The highest BCUT2D eigenvalue weighted by atomic mass is 35.5. The number of anilines is 2. The Morgan fingerprint density at radius 2 is 1.96 bits per heavy atom. The van der Waals surface area contributed by atoms with Gasteiger partial charge in [0.05, 0.1) is 16.3 Å². The van der Waals surface area contributed by atoms with Crippen molar-refractivity contribution >= 4 is 34.9 Å². The molecule has 0 aliphatic rings. The van der Waals surface area contributed by atoms with Crippen LogP contribution in [0.2, 0.25) is 5.02 Å². The second-order valence-corrected chi connectivity index (χ2v) is 5.60. The minimum absolute atomic E-state index is 0.116. The molecule has 0 atom stereocenters. The van der Waals surface area contributed by atoms with Gasteiger partial charge in [0.1, 0.15) is 5.82 Å². The molecule has 1 heterocycles. The van der Waals surface area contributed by atoms with E-state index in [4.69, 9.17) is 11.6 Å². The zero-order valence-electron chi connectivity index (χ0n) is 13.0. The van der Waals surface area contributed by atoms with Crippen LogP contribution in [0, 0.1) is 6.92 Å². The molecule has 0 aliphatic carbocycles. The van der Waals surface area contributed by atoms with Gasteiger partial charge in [0.2, 0.25) is 5.91 Å². The lowest BCUT2D eigenvalue weighted by Gasteiger charge is -2.12. The van der Waals surface area contributed by atoms with Crippen LogP contribution < -0.4 is 10.6 Å². The number of aromatic nitrogens is 1. The molecule has 2 rings (SSSR count). The predicted octanol–water partition coefficient (Wildman–Crippen LogP) is 4.03. The first-order valence-corrected chi connectivity index (χ1v) is 7.71. The van der Waals surface area contributed by atoms with Gasteiger partial charge in [-0.3, -0.25) is 9.59 Å². The summed E-state index contributed by atoms with van der Waals surface area (Å²) in [5.41, 5.74) is 1.81.